The Morgan fingerprint density at radius 3 is 3.10 bits per heavy atom. The van der Waals surface area contributed by atoms with Crippen LogP contribution in [0.5, 0.6) is 0 Å². The summed E-state index contributed by atoms with van der Waals surface area (Å²) in [6.45, 7) is -0.264. The van der Waals surface area contributed by atoms with Gasteiger partial charge >= 0.3 is 0 Å². The van der Waals surface area contributed by atoms with Gasteiger partial charge in [0.25, 0.3) is 5.56 Å². The van der Waals surface area contributed by atoms with E-state index in [1.807, 2.05) is 0 Å². The monoisotopic (exact) mass is 281 g/mol. The minimum atomic E-state index is -0.756. The molecule has 1 aliphatic rings. The molecule has 1 fully saturated rings. The lowest BCUT2D eigenvalue weighted by Crippen LogP contribution is -2.24. The Balaban J connectivity index is 2.05. The average Bonchev–Trinajstić information content (AvgIpc) is 3.01. The lowest BCUT2D eigenvalue weighted by atomic mass is 10.2. The Bertz CT molecular complexity index is 681. The van der Waals surface area contributed by atoms with Gasteiger partial charge in [-0.2, -0.15) is 4.98 Å². The molecule has 1 saturated heterocycles. The van der Waals surface area contributed by atoms with Crippen LogP contribution in [0, 0.1) is 0 Å². The molecule has 3 atom stereocenters. The number of nitrogens with one attached hydrogen (secondary N) is 2. The molecule has 108 valence electrons. The second-order valence-corrected chi connectivity index (χ2v) is 4.60. The molecule has 20 heavy (non-hydrogen) atoms. The van der Waals surface area contributed by atoms with Crippen molar-refractivity contribution in [2.75, 3.05) is 19.0 Å². The Hall–Kier alpha value is -1.97. The highest BCUT2D eigenvalue weighted by molar-refractivity contribution is 5.70. The van der Waals surface area contributed by atoms with Crippen molar-refractivity contribution in [3.8, 4) is 0 Å². The number of aromatic amines is 1. The molecule has 0 bridgehead atoms. The van der Waals surface area contributed by atoms with Crippen molar-refractivity contribution in [2.24, 2.45) is 0 Å². The SMILES string of the molecule is CNc1nc2c(ncn2[C@H]2C[C@@H](O)[C@@H](CO)O2)c(=O)[nH]1. The topological polar surface area (TPSA) is 125 Å². The van der Waals surface area contributed by atoms with E-state index in [1.165, 1.54) is 6.33 Å². The molecule has 3 rings (SSSR count). The molecule has 9 nitrogen and oxygen atoms in total. The first kappa shape index (κ1) is 13.0. The van der Waals surface area contributed by atoms with Crippen LogP contribution in [0.25, 0.3) is 11.2 Å². The average molecular weight is 281 g/mol. The summed E-state index contributed by atoms with van der Waals surface area (Å²) in [5, 5.41) is 21.6. The fourth-order valence-electron chi connectivity index (χ4n) is 2.31. The van der Waals surface area contributed by atoms with Crippen LogP contribution in [0.15, 0.2) is 11.1 Å². The Morgan fingerprint density at radius 1 is 1.65 bits per heavy atom. The van der Waals surface area contributed by atoms with E-state index < -0.39 is 18.4 Å². The number of aromatic nitrogens is 4. The second kappa shape index (κ2) is 4.85. The van der Waals surface area contributed by atoms with Gasteiger partial charge in [0.1, 0.15) is 12.3 Å². The molecule has 3 heterocycles. The summed E-state index contributed by atoms with van der Waals surface area (Å²) in [6, 6.07) is 0. The van der Waals surface area contributed by atoms with Crippen molar-refractivity contribution < 1.29 is 14.9 Å². The van der Waals surface area contributed by atoms with Crippen molar-refractivity contribution in [2.45, 2.75) is 24.9 Å². The van der Waals surface area contributed by atoms with E-state index in [0.29, 0.717) is 18.0 Å². The number of aliphatic hydroxyl groups excluding tert-OH is 2. The Kier molecular flexibility index (Phi) is 3.16. The molecule has 0 radical (unpaired) electrons. The molecule has 9 heteroatoms. The van der Waals surface area contributed by atoms with Gasteiger partial charge in [0.15, 0.2) is 11.2 Å². The summed E-state index contributed by atoms with van der Waals surface area (Å²) in [7, 11) is 1.64. The molecule has 0 aromatic carbocycles. The molecule has 2 aromatic heterocycles. The Morgan fingerprint density at radius 2 is 2.45 bits per heavy atom. The summed E-state index contributed by atoms with van der Waals surface area (Å²) < 4.78 is 7.13. The number of anilines is 1. The summed E-state index contributed by atoms with van der Waals surface area (Å²) in [5.41, 5.74) is 0.221. The zero-order valence-electron chi connectivity index (χ0n) is 10.8. The first-order chi connectivity index (χ1) is 9.63. The number of rotatable bonds is 3. The van der Waals surface area contributed by atoms with Crippen LogP contribution in [0.4, 0.5) is 5.95 Å². The van der Waals surface area contributed by atoms with Gasteiger partial charge in [0.2, 0.25) is 5.95 Å². The second-order valence-electron chi connectivity index (χ2n) is 4.60. The molecule has 2 aromatic rings. The van der Waals surface area contributed by atoms with Crippen LogP contribution in [0.2, 0.25) is 0 Å². The largest absolute Gasteiger partial charge is 0.394 e. The third-order valence-corrected chi connectivity index (χ3v) is 3.36. The molecular weight excluding hydrogens is 266 g/mol. The first-order valence-electron chi connectivity index (χ1n) is 6.23. The molecular formula is C11H15N5O4. The van der Waals surface area contributed by atoms with Crippen LogP contribution < -0.4 is 10.9 Å². The van der Waals surface area contributed by atoms with Gasteiger partial charge in [-0.15, -0.1) is 0 Å². The first-order valence-corrected chi connectivity index (χ1v) is 6.23. The summed E-state index contributed by atoms with van der Waals surface area (Å²) in [5.74, 6) is 0.321. The maximum atomic E-state index is 11.8. The van der Waals surface area contributed by atoms with Crippen molar-refractivity contribution in [1.29, 1.82) is 0 Å². The number of fused-ring (bicyclic) bond motifs is 1. The third kappa shape index (κ3) is 1.96. The molecule has 0 saturated carbocycles. The van der Waals surface area contributed by atoms with Crippen LogP contribution in [0.1, 0.15) is 12.6 Å². The van der Waals surface area contributed by atoms with Crippen molar-refractivity contribution in [1.82, 2.24) is 19.5 Å². The van der Waals surface area contributed by atoms with Gasteiger partial charge in [0.05, 0.1) is 19.0 Å². The third-order valence-electron chi connectivity index (χ3n) is 3.36. The van der Waals surface area contributed by atoms with Crippen LogP contribution >= 0.6 is 0 Å². The summed E-state index contributed by atoms with van der Waals surface area (Å²) in [6.07, 6.45) is -0.147. The fourth-order valence-corrected chi connectivity index (χ4v) is 2.31. The quantitative estimate of drug-likeness (QED) is 0.557. The van der Waals surface area contributed by atoms with Crippen molar-refractivity contribution in [3.05, 3.63) is 16.7 Å². The zero-order chi connectivity index (χ0) is 14.3. The minimum Gasteiger partial charge on any atom is -0.394 e. The fraction of sp³-hybridized carbons (Fsp3) is 0.545. The number of hydrogen-bond acceptors (Lipinski definition) is 7. The summed E-state index contributed by atoms with van der Waals surface area (Å²) >= 11 is 0. The standard InChI is InChI=1S/C11H15N5O4/c1-12-11-14-9-8(10(19)15-11)13-4-16(9)7-2-5(18)6(3-17)20-7/h4-7,17-18H,2-3H2,1H3,(H2,12,14,15,19)/t5-,6-,7-/m1/s1. The van der Waals surface area contributed by atoms with E-state index in [-0.39, 0.29) is 17.7 Å². The lowest BCUT2D eigenvalue weighted by Gasteiger charge is -2.13. The molecule has 0 spiro atoms. The number of imidazole rings is 1. The van der Waals surface area contributed by atoms with Gasteiger partial charge in [-0.05, 0) is 0 Å². The van der Waals surface area contributed by atoms with E-state index >= 15 is 0 Å². The van der Waals surface area contributed by atoms with Crippen LogP contribution in [-0.4, -0.2) is 55.6 Å². The number of ether oxygens (including phenoxy) is 1. The molecule has 0 aliphatic carbocycles. The maximum absolute atomic E-state index is 11.8. The van der Waals surface area contributed by atoms with Crippen molar-refractivity contribution >= 4 is 17.1 Å². The highest BCUT2D eigenvalue weighted by Gasteiger charge is 2.35. The van der Waals surface area contributed by atoms with Crippen molar-refractivity contribution in [3.63, 3.8) is 0 Å². The minimum absolute atomic E-state index is 0.203. The van der Waals surface area contributed by atoms with Gasteiger partial charge < -0.3 is 20.3 Å². The predicted molar refractivity (Wildman–Crippen MR) is 69.3 cm³/mol. The summed E-state index contributed by atoms with van der Waals surface area (Å²) in [4.78, 5) is 22.6. The van der Waals surface area contributed by atoms with Gasteiger partial charge in [-0.25, -0.2) is 4.98 Å². The van der Waals surface area contributed by atoms with E-state index in [4.69, 9.17) is 9.84 Å². The van der Waals surface area contributed by atoms with Crippen LogP contribution in [-0.2, 0) is 4.74 Å². The predicted octanol–water partition coefficient (Wildman–Crippen LogP) is -1.20. The smallest absolute Gasteiger partial charge is 0.280 e. The van der Waals surface area contributed by atoms with E-state index in [9.17, 15) is 9.90 Å². The van der Waals surface area contributed by atoms with E-state index in [1.54, 1.807) is 11.6 Å². The molecule has 0 amide bonds. The number of H-pyrrole nitrogens is 1. The zero-order valence-corrected chi connectivity index (χ0v) is 10.8. The van der Waals surface area contributed by atoms with Gasteiger partial charge in [0, 0.05) is 13.5 Å². The number of nitrogens with zero attached hydrogens (tertiary/aromatic N) is 3. The van der Waals surface area contributed by atoms with Gasteiger partial charge in [-0.3, -0.25) is 14.3 Å². The maximum Gasteiger partial charge on any atom is 0.280 e. The molecule has 1 aliphatic heterocycles. The lowest BCUT2D eigenvalue weighted by molar-refractivity contribution is -0.0432. The Labute approximate surface area is 113 Å². The highest BCUT2D eigenvalue weighted by atomic mass is 16.5. The number of hydrogen-bond donors (Lipinski definition) is 4. The normalized spacial score (nSPS) is 26.2. The van der Waals surface area contributed by atoms with Gasteiger partial charge in [-0.1, -0.05) is 0 Å². The van der Waals surface area contributed by atoms with E-state index in [0.717, 1.165) is 0 Å². The molecule has 0 unspecified atom stereocenters. The number of aliphatic hydroxyl groups is 2. The van der Waals surface area contributed by atoms with E-state index in [2.05, 4.69) is 20.3 Å². The highest BCUT2D eigenvalue weighted by Crippen LogP contribution is 2.30. The van der Waals surface area contributed by atoms with Crippen LogP contribution in [0.3, 0.4) is 0 Å². The molecule has 4 N–H and O–H groups in total.